The average molecular weight is 206 g/mol. The van der Waals surface area contributed by atoms with E-state index in [0.717, 1.165) is 12.8 Å². The third kappa shape index (κ3) is 8.88. The summed E-state index contributed by atoms with van der Waals surface area (Å²) in [5.41, 5.74) is 2.51. The third-order valence-corrected chi connectivity index (χ3v) is 1.85. The first-order valence-electron chi connectivity index (χ1n) is 5.02. The second-order valence-corrected chi connectivity index (χ2v) is 3.71. The molecule has 0 aliphatic heterocycles. The fourth-order valence-corrected chi connectivity index (χ4v) is 1.02. The summed E-state index contributed by atoms with van der Waals surface area (Å²) in [7, 11) is 0. The Labute approximate surface area is 91.4 Å². The molecule has 2 heteroatoms. The lowest BCUT2D eigenvalue weighted by molar-refractivity contribution is -0.126. The Morgan fingerprint density at radius 3 is 2.40 bits per heavy atom. The lowest BCUT2D eigenvalue weighted by atomic mass is 10.1. The van der Waals surface area contributed by atoms with Crippen LogP contribution in [-0.2, 0) is 9.59 Å². The van der Waals surface area contributed by atoms with Crippen LogP contribution in [-0.4, -0.2) is 12.1 Å². The SMILES string of the molecule is CC(C)=CCCC(C)=CC=CC(=O)C=O. The van der Waals surface area contributed by atoms with Crippen molar-refractivity contribution in [1.29, 1.82) is 0 Å². The van der Waals surface area contributed by atoms with Crippen molar-refractivity contribution in [2.45, 2.75) is 33.6 Å². The van der Waals surface area contributed by atoms with Crippen molar-refractivity contribution in [1.82, 2.24) is 0 Å². The maximum atomic E-state index is 10.6. The van der Waals surface area contributed by atoms with Crippen molar-refractivity contribution >= 4 is 12.1 Å². The normalized spacial score (nSPS) is 11.5. The molecule has 0 bridgehead atoms. The summed E-state index contributed by atoms with van der Waals surface area (Å²) in [6, 6.07) is 0. The van der Waals surface area contributed by atoms with Gasteiger partial charge in [0.25, 0.3) is 0 Å². The van der Waals surface area contributed by atoms with E-state index in [9.17, 15) is 9.59 Å². The smallest absolute Gasteiger partial charge is 0.218 e. The van der Waals surface area contributed by atoms with Crippen molar-refractivity contribution in [2.24, 2.45) is 0 Å². The zero-order chi connectivity index (χ0) is 11.7. The lowest BCUT2D eigenvalue weighted by Gasteiger charge is -1.96. The van der Waals surface area contributed by atoms with E-state index in [1.807, 2.05) is 13.0 Å². The highest BCUT2D eigenvalue weighted by Gasteiger charge is 1.89. The molecule has 0 unspecified atom stereocenters. The van der Waals surface area contributed by atoms with Gasteiger partial charge in [-0.2, -0.15) is 0 Å². The van der Waals surface area contributed by atoms with Crippen LogP contribution >= 0.6 is 0 Å². The van der Waals surface area contributed by atoms with E-state index in [4.69, 9.17) is 0 Å². The topological polar surface area (TPSA) is 34.1 Å². The molecule has 0 rings (SSSR count). The van der Waals surface area contributed by atoms with Gasteiger partial charge in [-0.25, -0.2) is 0 Å². The Morgan fingerprint density at radius 1 is 1.20 bits per heavy atom. The molecule has 0 amide bonds. The van der Waals surface area contributed by atoms with Gasteiger partial charge in [0.1, 0.15) is 0 Å². The first-order valence-corrected chi connectivity index (χ1v) is 5.02. The second kappa shape index (κ2) is 7.92. The third-order valence-electron chi connectivity index (χ3n) is 1.85. The maximum absolute atomic E-state index is 10.6. The Kier molecular flexibility index (Phi) is 7.16. The van der Waals surface area contributed by atoms with Crippen molar-refractivity contribution in [3.63, 3.8) is 0 Å². The average Bonchev–Trinajstić information content (AvgIpc) is 2.17. The fraction of sp³-hybridized carbons (Fsp3) is 0.385. The summed E-state index contributed by atoms with van der Waals surface area (Å²) in [5, 5.41) is 0. The predicted octanol–water partition coefficient (Wildman–Crippen LogP) is 3.00. The molecular weight excluding hydrogens is 188 g/mol. The van der Waals surface area contributed by atoms with Crippen LogP contribution < -0.4 is 0 Å². The summed E-state index contributed by atoms with van der Waals surface area (Å²) in [4.78, 5) is 20.6. The summed E-state index contributed by atoms with van der Waals surface area (Å²) in [6.45, 7) is 6.15. The minimum absolute atomic E-state index is 0.308. The summed E-state index contributed by atoms with van der Waals surface area (Å²) < 4.78 is 0. The summed E-state index contributed by atoms with van der Waals surface area (Å²) >= 11 is 0. The van der Waals surface area contributed by atoms with Gasteiger partial charge in [-0.1, -0.05) is 29.4 Å². The zero-order valence-electron chi connectivity index (χ0n) is 9.62. The van der Waals surface area contributed by atoms with Gasteiger partial charge < -0.3 is 0 Å². The fourth-order valence-electron chi connectivity index (χ4n) is 1.02. The predicted molar refractivity (Wildman–Crippen MR) is 62.6 cm³/mol. The number of hydrogen-bond donors (Lipinski definition) is 0. The van der Waals surface area contributed by atoms with Crippen LogP contribution in [0.2, 0.25) is 0 Å². The van der Waals surface area contributed by atoms with Crippen molar-refractivity contribution in [3.05, 3.63) is 35.5 Å². The monoisotopic (exact) mass is 206 g/mol. The number of rotatable bonds is 6. The van der Waals surface area contributed by atoms with Gasteiger partial charge in [0.15, 0.2) is 6.29 Å². The quantitative estimate of drug-likeness (QED) is 0.220. The van der Waals surface area contributed by atoms with Gasteiger partial charge in [-0.15, -0.1) is 0 Å². The molecule has 0 saturated carbocycles. The number of carbonyl (C=O) groups excluding carboxylic acids is 2. The Balaban J connectivity index is 3.99. The Bertz CT molecular complexity index is 302. The molecule has 0 spiro atoms. The van der Waals surface area contributed by atoms with Crippen LogP contribution in [0.25, 0.3) is 0 Å². The van der Waals surface area contributed by atoms with E-state index in [-0.39, 0.29) is 0 Å². The summed E-state index contributed by atoms with van der Waals surface area (Å²) in [6.07, 6.45) is 9.23. The first-order chi connectivity index (χ1) is 7.06. The van der Waals surface area contributed by atoms with Gasteiger partial charge in [-0.05, 0) is 39.7 Å². The summed E-state index contributed by atoms with van der Waals surface area (Å²) in [5.74, 6) is -0.497. The molecule has 0 atom stereocenters. The lowest BCUT2D eigenvalue weighted by Crippen LogP contribution is -1.90. The number of aldehydes is 1. The van der Waals surface area contributed by atoms with Gasteiger partial charge in [0.2, 0.25) is 5.78 Å². The molecule has 0 N–H and O–H groups in total. The van der Waals surface area contributed by atoms with Gasteiger partial charge in [-0.3, -0.25) is 9.59 Å². The largest absolute Gasteiger partial charge is 0.294 e. The maximum Gasteiger partial charge on any atom is 0.218 e. The number of hydrogen-bond acceptors (Lipinski definition) is 2. The van der Waals surface area contributed by atoms with Crippen LogP contribution in [0.3, 0.4) is 0 Å². The highest BCUT2D eigenvalue weighted by atomic mass is 16.2. The van der Waals surface area contributed by atoms with Crippen LogP contribution in [0.4, 0.5) is 0 Å². The molecule has 2 nitrogen and oxygen atoms in total. The molecule has 0 saturated heterocycles. The van der Waals surface area contributed by atoms with Crippen molar-refractivity contribution in [2.75, 3.05) is 0 Å². The molecule has 0 fully saturated rings. The molecule has 15 heavy (non-hydrogen) atoms. The Hall–Kier alpha value is -1.44. The van der Waals surface area contributed by atoms with E-state index >= 15 is 0 Å². The molecule has 0 aromatic rings. The van der Waals surface area contributed by atoms with E-state index in [0.29, 0.717) is 6.29 Å². The van der Waals surface area contributed by atoms with Crippen molar-refractivity contribution in [3.8, 4) is 0 Å². The van der Waals surface area contributed by atoms with E-state index in [1.165, 1.54) is 17.2 Å². The van der Waals surface area contributed by atoms with Crippen molar-refractivity contribution < 1.29 is 9.59 Å². The molecule has 0 radical (unpaired) electrons. The molecule has 0 heterocycles. The standard InChI is InChI=1S/C13H18O2/c1-11(2)6-4-7-12(3)8-5-9-13(15)10-14/h5-6,8-10H,4,7H2,1-3H3. The molecule has 82 valence electrons. The van der Waals surface area contributed by atoms with Crippen LogP contribution in [0, 0.1) is 0 Å². The van der Waals surface area contributed by atoms with E-state index in [2.05, 4.69) is 19.9 Å². The second-order valence-electron chi connectivity index (χ2n) is 3.71. The van der Waals surface area contributed by atoms with Gasteiger partial charge in [0, 0.05) is 0 Å². The van der Waals surface area contributed by atoms with Gasteiger partial charge in [0.05, 0.1) is 0 Å². The zero-order valence-corrected chi connectivity index (χ0v) is 9.62. The van der Waals surface area contributed by atoms with E-state index in [1.54, 1.807) is 6.08 Å². The van der Waals surface area contributed by atoms with Crippen LogP contribution in [0.1, 0.15) is 33.6 Å². The minimum Gasteiger partial charge on any atom is -0.294 e. The molecule has 0 aromatic carbocycles. The molecule has 0 aliphatic rings. The molecule has 0 aromatic heterocycles. The number of carbonyl (C=O) groups is 2. The highest BCUT2D eigenvalue weighted by Crippen LogP contribution is 2.06. The van der Waals surface area contributed by atoms with Crippen LogP contribution in [0.15, 0.2) is 35.5 Å². The van der Waals surface area contributed by atoms with E-state index < -0.39 is 5.78 Å². The Morgan fingerprint density at radius 2 is 1.87 bits per heavy atom. The minimum atomic E-state index is -0.497. The number of ketones is 1. The van der Waals surface area contributed by atoms with Crippen LogP contribution in [0.5, 0.6) is 0 Å². The molecular formula is C13H18O2. The highest BCUT2D eigenvalue weighted by molar-refractivity contribution is 6.30. The number of allylic oxidation sites excluding steroid dienone is 6. The molecule has 0 aliphatic carbocycles. The van der Waals surface area contributed by atoms with Gasteiger partial charge >= 0.3 is 0 Å². The first kappa shape index (κ1) is 13.6.